The molecule has 3 unspecified atom stereocenters. The molecule has 0 aromatic heterocycles. The van der Waals surface area contributed by atoms with Gasteiger partial charge < -0.3 is 10.2 Å². The van der Waals surface area contributed by atoms with E-state index in [1.165, 1.54) is 0 Å². The SMILES string of the molecule is CC(=O)C1C(=O)C(C(C)C)[C@@]2(C)[C@H](C)[C@]3(C)C(C(=O)c4c(ccc(CC(=O)Cc5ccc(C)cc5C(C)(C)C)c4O)[C@H]3C)C(=O)[C@@]2(O)C1=O. The molecule has 5 rings (SSSR count). The van der Waals surface area contributed by atoms with E-state index in [-0.39, 0.29) is 35.2 Å². The van der Waals surface area contributed by atoms with E-state index in [0.717, 1.165) is 23.6 Å². The van der Waals surface area contributed by atoms with Crippen molar-refractivity contribution in [2.75, 3.05) is 0 Å². The summed E-state index contributed by atoms with van der Waals surface area (Å²) in [6.07, 6.45) is -0.0191. The van der Waals surface area contributed by atoms with E-state index in [0.29, 0.717) is 5.56 Å². The summed E-state index contributed by atoms with van der Waals surface area (Å²) >= 11 is 0. The van der Waals surface area contributed by atoms with Crippen LogP contribution in [0.3, 0.4) is 0 Å². The summed E-state index contributed by atoms with van der Waals surface area (Å²) in [6, 6.07) is 9.35. The first kappa shape index (κ1) is 36.5. The van der Waals surface area contributed by atoms with Crippen LogP contribution in [0.2, 0.25) is 0 Å². The second-order valence-corrected chi connectivity index (χ2v) is 16.8. The Bertz CT molecular complexity index is 1830. The van der Waals surface area contributed by atoms with Gasteiger partial charge in [-0.1, -0.05) is 98.2 Å². The Morgan fingerprint density at radius 3 is 2.04 bits per heavy atom. The fourth-order valence-corrected chi connectivity index (χ4v) is 10.0. The molecule has 0 spiro atoms. The highest BCUT2D eigenvalue weighted by molar-refractivity contribution is 6.32. The van der Waals surface area contributed by atoms with Crippen LogP contribution in [0.5, 0.6) is 5.75 Å². The molecule has 0 aliphatic heterocycles. The van der Waals surface area contributed by atoms with E-state index < -0.39 is 86.6 Å². The predicted molar refractivity (Wildman–Crippen MR) is 184 cm³/mol. The maximum Gasteiger partial charge on any atom is 0.190 e. The maximum atomic E-state index is 14.8. The van der Waals surface area contributed by atoms with Gasteiger partial charge in [-0.2, -0.15) is 0 Å². The molecule has 49 heavy (non-hydrogen) atoms. The van der Waals surface area contributed by atoms with Gasteiger partial charge in [0.15, 0.2) is 28.7 Å². The fourth-order valence-electron chi connectivity index (χ4n) is 10.0. The van der Waals surface area contributed by atoms with Gasteiger partial charge in [-0.05, 0) is 59.1 Å². The number of carbonyl (C=O) groups is 6. The number of Topliss-reactive ketones (excluding diaryl/α,β-unsaturated/α-hetero) is 6. The lowest BCUT2D eigenvalue weighted by molar-refractivity contribution is -0.222. The van der Waals surface area contributed by atoms with Crippen LogP contribution in [0.25, 0.3) is 0 Å². The number of rotatable bonds is 6. The summed E-state index contributed by atoms with van der Waals surface area (Å²) in [4.78, 5) is 83.4. The van der Waals surface area contributed by atoms with Crippen molar-refractivity contribution in [1.82, 2.24) is 0 Å². The Hall–Kier alpha value is -3.78. The molecular weight excluding hydrogens is 620 g/mol. The molecule has 2 N–H and O–H groups in total. The molecule has 8 nitrogen and oxygen atoms in total. The normalized spacial score (nSPS) is 32.9. The Morgan fingerprint density at radius 1 is 0.918 bits per heavy atom. The molecule has 0 radical (unpaired) electrons. The number of hydrogen-bond acceptors (Lipinski definition) is 8. The first-order valence-electron chi connectivity index (χ1n) is 17.3. The predicted octanol–water partition coefficient (Wildman–Crippen LogP) is 5.86. The highest BCUT2D eigenvalue weighted by atomic mass is 16.3. The summed E-state index contributed by atoms with van der Waals surface area (Å²) < 4.78 is 0. The van der Waals surface area contributed by atoms with Crippen LogP contribution < -0.4 is 0 Å². The monoisotopic (exact) mass is 670 g/mol. The Balaban J connectivity index is 1.60. The third-order valence-corrected chi connectivity index (χ3v) is 12.8. The van der Waals surface area contributed by atoms with Crippen molar-refractivity contribution in [3.8, 4) is 5.75 Å². The summed E-state index contributed by atoms with van der Waals surface area (Å²) in [7, 11) is 0. The van der Waals surface area contributed by atoms with Crippen LogP contribution in [-0.4, -0.2) is 50.5 Å². The number of fused-ring (bicyclic) bond motifs is 3. The lowest BCUT2D eigenvalue weighted by atomic mass is 9.35. The first-order valence-corrected chi connectivity index (χ1v) is 17.3. The van der Waals surface area contributed by atoms with Crippen LogP contribution in [0, 0.1) is 47.3 Å². The van der Waals surface area contributed by atoms with Gasteiger partial charge in [0.25, 0.3) is 0 Å². The highest BCUT2D eigenvalue weighted by Gasteiger charge is 2.79. The van der Waals surface area contributed by atoms with Crippen molar-refractivity contribution in [1.29, 1.82) is 0 Å². The molecule has 0 amide bonds. The minimum Gasteiger partial charge on any atom is -0.507 e. The summed E-state index contributed by atoms with van der Waals surface area (Å²) in [6.45, 7) is 19.9. The van der Waals surface area contributed by atoms with Crippen LogP contribution >= 0.6 is 0 Å². The zero-order valence-corrected chi connectivity index (χ0v) is 30.6. The van der Waals surface area contributed by atoms with E-state index in [1.807, 2.05) is 26.0 Å². The zero-order chi connectivity index (χ0) is 36.9. The van der Waals surface area contributed by atoms with Crippen LogP contribution in [0.4, 0.5) is 0 Å². The molecule has 2 aromatic carbocycles. The zero-order valence-electron chi connectivity index (χ0n) is 30.6. The van der Waals surface area contributed by atoms with Gasteiger partial charge in [0, 0.05) is 29.7 Å². The number of phenolic OH excluding ortho intramolecular Hbond substituents is 1. The topological polar surface area (TPSA) is 143 Å². The standard InChI is InChI=1S/C41H50O8/c1-19(2)31-34(45)29(22(5)42)36(47)41(49)37(48)32-35(46)30-27(21(4)39(32,10)23(6)40(31,41)11)15-14-25(33(30)44)18-26(43)17-24-13-12-20(3)16-28(24)38(7,8)9/h12-16,19,21,23,29,31-32,44,49H,17-18H2,1-11H3/t21-,23-,29?,31?,32?,39-,40-,41+/m1/s1. The molecule has 0 bridgehead atoms. The molecular formula is C41H50O8. The second kappa shape index (κ2) is 11.6. The summed E-state index contributed by atoms with van der Waals surface area (Å²) in [5, 5.41) is 24.1. The average molecular weight is 671 g/mol. The molecule has 0 saturated heterocycles. The van der Waals surface area contributed by atoms with E-state index in [4.69, 9.17) is 0 Å². The lowest BCUT2D eigenvalue weighted by Crippen LogP contribution is -2.79. The number of aliphatic hydroxyl groups is 1. The maximum absolute atomic E-state index is 14.8. The third-order valence-electron chi connectivity index (χ3n) is 12.8. The smallest absolute Gasteiger partial charge is 0.190 e. The van der Waals surface area contributed by atoms with E-state index in [9.17, 15) is 39.0 Å². The number of benzene rings is 2. The van der Waals surface area contributed by atoms with E-state index in [2.05, 4.69) is 26.8 Å². The molecule has 8 heteroatoms. The quantitative estimate of drug-likeness (QED) is 0.364. The molecule has 8 atom stereocenters. The Labute approximate surface area is 289 Å². The van der Waals surface area contributed by atoms with Crippen molar-refractivity contribution in [2.45, 2.75) is 106 Å². The number of aryl methyl sites for hydroxylation is 1. The van der Waals surface area contributed by atoms with E-state index in [1.54, 1.807) is 46.8 Å². The second-order valence-electron chi connectivity index (χ2n) is 16.8. The molecule has 0 heterocycles. The van der Waals surface area contributed by atoms with Crippen molar-refractivity contribution in [2.24, 2.45) is 40.4 Å². The molecule has 2 fully saturated rings. The summed E-state index contributed by atoms with van der Waals surface area (Å²) in [5.74, 6) is -10.9. The molecule has 2 saturated carbocycles. The lowest BCUT2D eigenvalue weighted by Gasteiger charge is -2.66. The fraction of sp³-hybridized carbons (Fsp3) is 0.561. The van der Waals surface area contributed by atoms with Gasteiger partial charge in [-0.15, -0.1) is 0 Å². The number of carbonyl (C=O) groups excluding carboxylic acids is 6. The van der Waals surface area contributed by atoms with Crippen LogP contribution in [-0.2, 0) is 42.2 Å². The number of hydrogen-bond donors (Lipinski definition) is 2. The van der Waals surface area contributed by atoms with Crippen LogP contribution in [0.15, 0.2) is 30.3 Å². The average Bonchev–Trinajstić information content (AvgIpc) is 2.98. The van der Waals surface area contributed by atoms with Gasteiger partial charge in [0.2, 0.25) is 0 Å². The van der Waals surface area contributed by atoms with Crippen molar-refractivity contribution in [3.05, 3.63) is 63.7 Å². The van der Waals surface area contributed by atoms with Crippen molar-refractivity contribution in [3.63, 3.8) is 0 Å². The van der Waals surface area contributed by atoms with E-state index >= 15 is 0 Å². The van der Waals surface area contributed by atoms with Gasteiger partial charge >= 0.3 is 0 Å². The molecule has 3 aliphatic carbocycles. The van der Waals surface area contributed by atoms with Crippen molar-refractivity contribution < 1.29 is 39.0 Å². The number of aromatic hydroxyl groups is 1. The van der Waals surface area contributed by atoms with Gasteiger partial charge in [-0.25, -0.2) is 0 Å². The summed E-state index contributed by atoms with van der Waals surface area (Å²) in [5.41, 5.74) is -2.10. The molecule has 262 valence electrons. The van der Waals surface area contributed by atoms with Gasteiger partial charge in [0.1, 0.15) is 23.2 Å². The minimum absolute atomic E-state index is 0.0957. The Kier molecular flexibility index (Phi) is 8.67. The third kappa shape index (κ3) is 4.87. The van der Waals surface area contributed by atoms with Gasteiger partial charge in [-0.3, -0.25) is 28.8 Å². The molecule has 2 aromatic rings. The van der Waals surface area contributed by atoms with Gasteiger partial charge in [0.05, 0.1) is 11.5 Å². The largest absolute Gasteiger partial charge is 0.507 e. The highest BCUT2D eigenvalue weighted by Crippen LogP contribution is 2.69. The first-order chi connectivity index (χ1) is 22.5. The molecule has 3 aliphatic rings. The Morgan fingerprint density at radius 2 is 1.49 bits per heavy atom. The van der Waals surface area contributed by atoms with Crippen LogP contribution in [0.1, 0.15) is 113 Å². The number of phenols is 1. The number of ketones is 6. The van der Waals surface area contributed by atoms with Crippen molar-refractivity contribution >= 4 is 34.7 Å². The minimum atomic E-state index is -2.79.